The van der Waals surface area contributed by atoms with E-state index in [9.17, 15) is 20.1 Å². The maximum Gasteiger partial charge on any atom is 0.207 e. The minimum absolute atomic E-state index is 0.00505. The third-order valence-electron chi connectivity index (χ3n) is 11.1. The van der Waals surface area contributed by atoms with Gasteiger partial charge in [-0.25, -0.2) is 0 Å². The van der Waals surface area contributed by atoms with Crippen molar-refractivity contribution < 1.29 is 34.3 Å². The van der Waals surface area contributed by atoms with Crippen LogP contribution in [0.2, 0.25) is 0 Å². The Morgan fingerprint density at radius 2 is 2.00 bits per heavy atom. The van der Waals surface area contributed by atoms with Crippen molar-refractivity contribution in [2.24, 2.45) is 22.2 Å². The quantitative estimate of drug-likeness (QED) is 0.0601. The van der Waals surface area contributed by atoms with Crippen LogP contribution in [0.15, 0.2) is 47.5 Å². The Kier molecular flexibility index (Phi) is 14.7. The second kappa shape index (κ2) is 19.4. The third kappa shape index (κ3) is 10.5. The van der Waals surface area contributed by atoms with Crippen molar-refractivity contribution in [3.05, 3.63) is 53.6 Å². The fourth-order valence-electron chi connectivity index (χ4n) is 8.37. The van der Waals surface area contributed by atoms with Gasteiger partial charge in [0.25, 0.3) is 0 Å². The van der Waals surface area contributed by atoms with E-state index in [0.29, 0.717) is 81.2 Å². The first-order valence-corrected chi connectivity index (χ1v) is 19.3. The first kappa shape index (κ1) is 40.9. The van der Waals surface area contributed by atoms with Gasteiger partial charge in [0.2, 0.25) is 5.96 Å². The topological polar surface area (TPSA) is 166 Å². The first-order chi connectivity index (χ1) is 26.1. The molecule has 1 aliphatic heterocycles. The average Bonchev–Trinajstić information content (AvgIpc) is 3.75. The highest BCUT2D eigenvalue weighted by atomic mass is 16.5. The molecule has 0 amide bonds. The molecule has 5 unspecified atom stereocenters. The minimum atomic E-state index is -0.626. The highest BCUT2D eigenvalue weighted by Gasteiger charge is 2.47. The zero-order chi connectivity index (χ0) is 38.6. The number of phenols is 2. The Balaban J connectivity index is 1.36. The molecule has 2 bridgehead atoms. The molecule has 3 aliphatic rings. The summed E-state index contributed by atoms with van der Waals surface area (Å²) in [5, 5.41) is 44.0. The molecule has 12 heteroatoms. The summed E-state index contributed by atoms with van der Waals surface area (Å²) in [6.45, 7) is 3.86. The predicted octanol–water partition coefficient (Wildman–Crippen LogP) is 5.02. The van der Waals surface area contributed by atoms with E-state index in [1.54, 1.807) is 26.1 Å². The van der Waals surface area contributed by atoms with E-state index in [0.717, 1.165) is 56.1 Å². The van der Waals surface area contributed by atoms with Crippen molar-refractivity contribution in [2.45, 2.75) is 89.3 Å². The summed E-state index contributed by atoms with van der Waals surface area (Å²) in [4.78, 5) is 18.6. The number of phenolic OH excluding ortho intramolecular Hbond substituents is 2. The molecule has 5 atom stereocenters. The van der Waals surface area contributed by atoms with Crippen molar-refractivity contribution in [2.75, 3.05) is 52.9 Å². The number of anilines is 1. The number of fused-ring (bicyclic) bond motifs is 3. The predicted molar refractivity (Wildman–Crippen MR) is 211 cm³/mol. The van der Waals surface area contributed by atoms with Gasteiger partial charge in [0.1, 0.15) is 5.60 Å². The number of allylic oxidation sites excluding steroid dienone is 2. The number of aromatic hydroxyl groups is 2. The van der Waals surface area contributed by atoms with Crippen LogP contribution in [0.5, 0.6) is 23.0 Å². The number of ketones is 1. The molecule has 54 heavy (non-hydrogen) atoms. The summed E-state index contributed by atoms with van der Waals surface area (Å²) in [7, 11) is 5.09. The Labute approximate surface area is 320 Å². The Morgan fingerprint density at radius 1 is 1.15 bits per heavy atom. The van der Waals surface area contributed by atoms with Crippen LogP contribution in [0.25, 0.3) is 0 Å². The van der Waals surface area contributed by atoms with Gasteiger partial charge < -0.3 is 40.2 Å². The first-order valence-electron chi connectivity index (χ1n) is 19.3. The molecule has 7 N–H and O–H groups in total. The van der Waals surface area contributed by atoms with E-state index in [1.807, 2.05) is 37.4 Å². The summed E-state index contributed by atoms with van der Waals surface area (Å²) in [6, 6.07) is 12.2. The van der Waals surface area contributed by atoms with E-state index in [-0.39, 0.29) is 23.2 Å². The van der Waals surface area contributed by atoms with Gasteiger partial charge in [-0.2, -0.15) is 0 Å². The summed E-state index contributed by atoms with van der Waals surface area (Å²) < 4.78 is 17.9. The summed E-state index contributed by atoms with van der Waals surface area (Å²) >= 11 is 0. The Bertz CT molecular complexity index is 1700. The number of aliphatic hydroxyl groups is 1. The van der Waals surface area contributed by atoms with E-state index in [1.165, 1.54) is 7.11 Å². The largest absolute Gasteiger partial charge is 0.504 e. The van der Waals surface area contributed by atoms with Crippen molar-refractivity contribution >= 4 is 17.4 Å². The second-order valence-corrected chi connectivity index (χ2v) is 15.1. The number of nitrogens with one attached hydrogen (secondary N) is 4. The van der Waals surface area contributed by atoms with Crippen LogP contribution in [0.3, 0.4) is 0 Å². The number of aryl methyl sites for hydroxylation is 1. The van der Waals surface area contributed by atoms with Crippen LogP contribution in [-0.2, 0) is 22.4 Å². The van der Waals surface area contributed by atoms with Crippen LogP contribution < -0.4 is 30.7 Å². The smallest absolute Gasteiger partial charge is 0.207 e. The second-order valence-electron chi connectivity index (χ2n) is 15.1. The monoisotopic (exact) mass is 745 g/mol. The molecule has 12 nitrogen and oxygen atoms in total. The van der Waals surface area contributed by atoms with E-state index in [2.05, 4.69) is 38.2 Å². The van der Waals surface area contributed by atoms with Crippen LogP contribution in [-0.4, -0.2) is 86.4 Å². The van der Waals surface area contributed by atoms with Crippen LogP contribution in [0, 0.1) is 29.2 Å². The lowest BCUT2D eigenvalue weighted by Gasteiger charge is -2.33. The Morgan fingerprint density at radius 3 is 2.78 bits per heavy atom. The SMILES string of the molecule is CN=C1NC#CCC2CCCC2(Cc2ccc(O)c(OC)c2)C(=O)C=CCCc2cc(c(O)c(OC3(CNC)CCC(CCOCNCC(C)O)C3)c2)N1. The molecule has 5 rings (SSSR count). The molecule has 2 aromatic carbocycles. The summed E-state index contributed by atoms with van der Waals surface area (Å²) in [6.07, 6.45) is 11.7. The van der Waals surface area contributed by atoms with Crippen molar-refractivity contribution in [1.82, 2.24) is 16.0 Å². The van der Waals surface area contributed by atoms with Crippen LogP contribution in [0.4, 0.5) is 5.69 Å². The molecule has 2 fully saturated rings. The van der Waals surface area contributed by atoms with Crippen LogP contribution >= 0.6 is 0 Å². The average molecular weight is 746 g/mol. The number of hydrogen-bond acceptors (Lipinski definition) is 10. The van der Waals surface area contributed by atoms with Crippen molar-refractivity contribution in [3.8, 4) is 35.0 Å². The van der Waals surface area contributed by atoms with Gasteiger partial charge in [0, 0.05) is 44.6 Å². The summed E-state index contributed by atoms with van der Waals surface area (Å²) in [5.41, 5.74) is 1.19. The molecule has 0 spiro atoms. The molecular formula is C42H59N5O7. The van der Waals surface area contributed by atoms with E-state index >= 15 is 0 Å². The number of nitrogens with zero attached hydrogens (tertiary/aromatic N) is 1. The number of likely N-dealkylation sites (N-methyl/N-ethyl adjacent to an activating group) is 1. The highest BCUT2D eigenvalue weighted by Crippen LogP contribution is 2.49. The van der Waals surface area contributed by atoms with Gasteiger partial charge in [0.15, 0.2) is 28.8 Å². The molecule has 0 radical (unpaired) electrons. The maximum absolute atomic E-state index is 14.2. The number of ether oxygens (including phenoxy) is 3. The molecule has 0 aromatic heterocycles. The molecule has 2 saturated carbocycles. The van der Waals surface area contributed by atoms with Gasteiger partial charge in [-0.1, -0.05) is 24.5 Å². The van der Waals surface area contributed by atoms with E-state index < -0.39 is 17.1 Å². The molecule has 1 heterocycles. The minimum Gasteiger partial charge on any atom is -0.504 e. The standard InChI is InChI=1S/C42H59N5O7/c1-29(48)26-45-28-53-20-16-30-15-18-41(24-30,27-43-2)54-37-22-31-9-5-6-12-38(50)42(25-32-13-14-35(49)36(23-32)52-4)17-7-10-33(42)11-8-19-46-40(44-3)47-34(21-31)39(37)51/h6,12-14,21-23,29-30,33,43,45,48-49,51H,5,7,9-11,15-18,20,24-28H2,1-4H3,(H2,44,46,47). The van der Waals surface area contributed by atoms with Crippen molar-refractivity contribution in [1.29, 1.82) is 0 Å². The number of guanidine groups is 1. The zero-order valence-electron chi connectivity index (χ0n) is 32.3. The molecule has 2 aliphatic carbocycles. The summed E-state index contributed by atoms with van der Waals surface area (Å²) in [5.74, 6) is 5.04. The normalized spacial score (nSPS) is 25.6. The zero-order valence-corrected chi connectivity index (χ0v) is 32.3. The number of carbonyl (C=O) groups excluding carboxylic acids is 1. The number of aliphatic hydroxyl groups excluding tert-OH is 1. The molecule has 294 valence electrons. The third-order valence-corrected chi connectivity index (χ3v) is 11.1. The van der Waals surface area contributed by atoms with Crippen molar-refractivity contribution in [3.63, 3.8) is 0 Å². The fraction of sp³-hybridized carbons (Fsp3) is 0.571. The lowest BCUT2D eigenvalue weighted by atomic mass is 9.69. The molecule has 0 saturated heterocycles. The van der Waals surface area contributed by atoms with Gasteiger partial charge in [0.05, 0.1) is 25.6 Å². The lowest BCUT2D eigenvalue weighted by Crippen LogP contribution is -2.42. The molecular weight excluding hydrogens is 686 g/mol. The van der Waals surface area contributed by atoms with Crippen LogP contribution in [0.1, 0.15) is 75.8 Å². The number of aliphatic imine (C=N–C) groups is 1. The fourth-order valence-corrected chi connectivity index (χ4v) is 8.37. The lowest BCUT2D eigenvalue weighted by molar-refractivity contribution is -0.125. The number of benzene rings is 2. The molecule has 2 aromatic rings. The van der Waals surface area contributed by atoms with Gasteiger partial charge >= 0.3 is 0 Å². The van der Waals surface area contributed by atoms with Gasteiger partial charge in [-0.3, -0.25) is 20.4 Å². The number of hydrogen-bond donors (Lipinski definition) is 7. The Hall–Kier alpha value is -4.28. The number of rotatable bonds is 14. The van der Waals surface area contributed by atoms with Gasteiger partial charge in [-0.05, 0) is 125 Å². The number of carbonyl (C=O) groups is 1. The maximum atomic E-state index is 14.2. The van der Waals surface area contributed by atoms with E-state index in [4.69, 9.17) is 14.2 Å². The highest BCUT2D eigenvalue weighted by molar-refractivity contribution is 5.97. The number of methoxy groups -OCH3 is 1. The van der Waals surface area contributed by atoms with Gasteiger partial charge in [-0.15, -0.1) is 0 Å².